The van der Waals surface area contributed by atoms with Crippen LogP contribution in [-0.2, 0) is 4.79 Å². The third-order valence-electron chi connectivity index (χ3n) is 2.74. The molecule has 0 aliphatic carbocycles. The molecule has 19 heavy (non-hydrogen) atoms. The van der Waals surface area contributed by atoms with Crippen molar-refractivity contribution in [2.75, 3.05) is 6.54 Å². The van der Waals surface area contributed by atoms with Crippen molar-refractivity contribution in [2.24, 2.45) is 5.92 Å². The first-order valence-corrected chi connectivity index (χ1v) is 6.78. The van der Waals surface area contributed by atoms with E-state index >= 15 is 0 Å². The quantitative estimate of drug-likeness (QED) is 0.669. The molecule has 0 saturated heterocycles. The molecular formula is C14H15BrN2O2. The van der Waals surface area contributed by atoms with E-state index in [0.29, 0.717) is 12.1 Å². The van der Waals surface area contributed by atoms with E-state index in [0.717, 1.165) is 16.5 Å². The van der Waals surface area contributed by atoms with Crippen LogP contribution in [0, 0.1) is 24.2 Å². The summed E-state index contributed by atoms with van der Waals surface area (Å²) in [5, 5.41) is 11.6. The van der Waals surface area contributed by atoms with Crippen molar-refractivity contribution < 1.29 is 9.59 Å². The molecule has 100 valence electrons. The summed E-state index contributed by atoms with van der Waals surface area (Å²) in [6.45, 7) is 4.14. The Morgan fingerprint density at radius 3 is 2.74 bits per heavy atom. The Morgan fingerprint density at radius 1 is 1.47 bits per heavy atom. The van der Waals surface area contributed by atoms with Crippen molar-refractivity contribution >= 4 is 27.6 Å². The fourth-order valence-corrected chi connectivity index (χ4v) is 1.98. The Bertz CT molecular complexity index is 535. The highest BCUT2D eigenvalue weighted by molar-refractivity contribution is 9.10. The molecule has 0 bridgehead atoms. The van der Waals surface area contributed by atoms with E-state index in [1.807, 2.05) is 13.0 Å². The smallest absolute Gasteiger partial charge is 0.245 e. The number of Topliss-reactive ketones (excluding diaryl/α,β-unsaturated/α-hetero) is 1. The van der Waals surface area contributed by atoms with Crippen molar-refractivity contribution in [1.82, 2.24) is 5.32 Å². The second-order valence-electron chi connectivity index (χ2n) is 4.13. The zero-order valence-electron chi connectivity index (χ0n) is 10.9. The largest absolute Gasteiger partial charge is 0.355 e. The van der Waals surface area contributed by atoms with Crippen molar-refractivity contribution in [2.45, 2.75) is 20.3 Å². The molecule has 5 heteroatoms. The second kappa shape index (κ2) is 7.05. The summed E-state index contributed by atoms with van der Waals surface area (Å²) in [6.07, 6.45) is 0.758. The lowest BCUT2D eigenvalue weighted by molar-refractivity contribution is -0.122. The van der Waals surface area contributed by atoms with Crippen LogP contribution in [0.2, 0.25) is 0 Å². The Balaban J connectivity index is 3.00. The third-order valence-corrected chi connectivity index (χ3v) is 3.59. The van der Waals surface area contributed by atoms with Crippen molar-refractivity contribution in [3.05, 3.63) is 33.8 Å². The van der Waals surface area contributed by atoms with Crippen molar-refractivity contribution in [3.63, 3.8) is 0 Å². The molecule has 0 aliphatic rings. The number of benzene rings is 1. The van der Waals surface area contributed by atoms with Crippen LogP contribution in [0.25, 0.3) is 0 Å². The predicted octanol–water partition coefficient (Wildman–Crippen LogP) is 2.61. The topological polar surface area (TPSA) is 70.0 Å². The summed E-state index contributed by atoms with van der Waals surface area (Å²) in [5.74, 6) is -2.29. The first kappa shape index (κ1) is 15.4. The summed E-state index contributed by atoms with van der Waals surface area (Å²) in [7, 11) is 0. The Kier molecular flexibility index (Phi) is 5.71. The number of amides is 1. The molecular weight excluding hydrogens is 308 g/mol. The Hall–Kier alpha value is -1.67. The van der Waals surface area contributed by atoms with Gasteiger partial charge in [-0.25, -0.2) is 0 Å². The van der Waals surface area contributed by atoms with E-state index in [-0.39, 0.29) is 0 Å². The minimum atomic E-state index is -1.29. The molecule has 0 aliphatic heterocycles. The van der Waals surface area contributed by atoms with Gasteiger partial charge in [-0.05, 0) is 25.0 Å². The van der Waals surface area contributed by atoms with Crippen LogP contribution >= 0.6 is 15.9 Å². The monoisotopic (exact) mass is 322 g/mol. The number of halogens is 1. The average Bonchev–Trinajstić information content (AvgIpc) is 2.40. The van der Waals surface area contributed by atoms with Gasteiger partial charge >= 0.3 is 0 Å². The summed E-state index contributed by atoms with van der Waals surface area (Å²) >= 11 is 3.33. The standard InChI is InChI=1S/C14H15BrN2O2/c1-3-7-17-14(19)11(8-16)13(18)10-5-4-6-12(15)9(10)2/h4-6,11H,3,7H2,1-2H3,(H,17,19)/t11-/m0/s1. The summed E-state index contributed by atoms with van der Waals surface area (Å²) in [5.41, 5.74) is 1.13. The Morgan fingerprint density at radius 2 is 2.16 bits per heavy atom. The minimum Gasteiger partial charge on any atom is -0.355 e. The minimum absolute atomic E-state index is 0.396. The first-order chi connectivity index (χ1) is 9.02. The molecule has 0 fully saturated rings. The van der Waals surface area contributed by atoms with Crippen LogP contribution in [0.5, 0.6) is 0 Å². The maximum atomic E-state index is 12.2. The van der Waals surface area contributed by atoms with Crippen LogP contribution in [0.3, 0.4) is 0 Å². The molecule has 1 rings (SSSR count). The van der Waals surface area contributed by atoms with Gasteiger partial charge in [0.25, 0.3) is 0 Å². The molecule has 0 spiro atoms. The lowest BCUT2D eigenvalue weighted by Gasteiger charge is -2.11. The van der Waals surface area contributed by atoms with E-state index < -0.39 is 17.6 Å². The fourth-order valence-electron chi connectivity index (χ4n) is 1.62. The van der Waals surface area contributed by atoms with E-state index in [1.54, 1.807) is 25.1 Å². The number of ketones is 1. The SMILES string of the molecule is CCCNC(=O)[C@@H](C#N)C(=O)c1cccc(Br)c1C. The number of nitrogens with one attached hydrogen (secondary N) is 1. The highest BCUT2D eigenvalue weighted by atomic mass is 79.9. The van der Waals surface area contributed by atoms with Crippen LogP contribution < -0.4 is 5.32 Å². The van der Waals surface area contributed by atoms with Crippen molar-refractivity contribution in [3.8, 4) is 6.07 Å². The molecule has 0 radical (unpaired) electrons. The molecule has 0 aromatic heterocycles. The van der Waals surface area contributed by atoms with Crippen LogP contribution in [0.1, 0.15) is 29.3 Å². The maximum Gasteiger partial charge on any atom is 0.245 e. The zero-order chi connectivity index (χ0) is 14.4. The van der Waals surface area contributed by atoms with Crippen LogP contribution in [0.4, 0.5) is 0 Å². The first-order valence-electron chi connectivity index (χ1n) is 5.99. The predicted molar refractivity (Wildman–Crippen MR) is 75.6 cm³/mol. The Labute approximate surface area is 120 Å². The number of hydrogen-bond donors (Lipinski definition) is 1. The van der Waals surface area contributed by atoms with E-state index in [9.17, 15) is 9.59 Å². The molecule has 1 atom stereocenters. The highest BCUT2D eigenvalue weighted by Crippen LogP contribution is 2.21. The number of nitriles is 1. The highest BCUT2D eigenvalue weighted by Gasteiger charge is 2.28. The van der Waals surface area contributed by atoms with Gasteiger partial charge in [0.2, 0.25) is 5.91 Å². The van der Waals surface area contributed by atoms with E-state index in [4.69, 9.17) is 5.26 Å². The van der Waals surface area contributed by atoms with Gasteiger partial charge in [-0.3, -0.25) is 9.59 Å². The fraction of sp³-hybridized carbons (Fsp3) is 0.357. The lowest BCUT2D eigenvalue weighted by atomic mass is 9.95. The number of rotatable bonds is 5. The molecule has 0 heterocycles. The van der Waals surface area contributed by atoms with Gasteiger partial charge in [-0.15, -0.1) is 0 Å². The summed E-state index contributed by atoms with van der Waals surface area (Å²) in [6, 6.07) is 6.92. The molecule has 4 nitrogen and oxygen atoms in total. The van der Waals surface area contributed by atoms with Gasteiger partial charge in [-0.1, -0.05) is 35.0 Å². The van der Waals surface area contributed by atoms with Gasteiger partial charge in [0, 0.05) is 16.6 Å². The van der Waals surface area contributed by atoms with Gasteiger partial charge in [0.15, 0.2) is 11.7 Å². The zero-order valence-corrected chi connectivity index (χ0v) is 12.5. The maximum absolute atomic E-state index is 12.2. The van der Waals surface area contributed by atoms with Gasteiger partial charge in [0.1, 0.15) is 0 Å². The normalized spacial score (nSPS) is 11.5. The molecule has 1 aromatic carbocycles. The van der Waals surface area contributed by atoms with E-state index in [2.05, 4.69) is 21.2 Å². The molecule has 1 N–H and O–H groups in total. The molecule has 0 saturated carbocycles. The van der Waals surface area contributed by atoms with Gasteiger partial charge < -0.3 is 5.32 Å². The van der Waals surface area contributed by atoms with Crippen molar-refractivity contribution in [1.29, 1.82) is 5.26 Å². The van der Waals surface area contributed by atoms with Gasteiger partial charge in [0.05, 0.1) is 6.07 Å². The number of carbonyl (C=O) groups is 2. The van der Waals surface area contributed by atoms with E-state index in [1.165, 1.54) is 0 Å². The second-order valence-corrected chi connectivity index (χ2v) is 4.98. The van der Waals surface area contributed by atoms with Crippen LogP contribution in [-0.4, -0.2) is 18.2 Å². The van der Waals surface area contributed by atoms with Gasteiger partial charge in [-0.2, -0.15) is 5.26 Å². The molecule has 0 unspecified atom stereocenters. The number of nitrogens with zero attached hydrogens (tertiary/aromatic N) is 1. The summed E-state index contributed by atoms with van der Waals surface area (Å²) < 4.78 is 0.781. The summed E-state index contributed by atoms with van der Waals surface area (Å²) in [4.78, 5) is 24.0. The number of hydrogen-bond acceptors (Lipinski definition) is 3. The third kappa shape index (κ3) is 3.65. The lowest BCUT2D eigenvalue weighted by Crippen LogP contribution is -2.35. The molecule has 1 aromatic rings. The average molecular weight is 323 g/mol. The molecule has 1 amide bonds. The van der Waals surface area contributed by atoms with Crippen LogP contribution in [0.15, 0.2) is 22.7 Å². The number of carbonyl (C=O) groups excluding carboxylic acids is 2.